The van der Waals surface area contributed by atoms with Gasteiger partial charge in [-0.15, -0.1) is 0 Å². The maximum absolute atomic E-state index is 11.1. The summed E-state index contributed by atoms with van der Waals surface area (Å²) < 4.78 is 0. The number of ketones is 1. The normalized spacial score (nSPS) is 11.2. The molecule has 0 saturated carbocycles. The van der Waals surface area contributed by atoms with E-state index in [1.165, 1.54) is 30.4 Å². The van der Waals surface area contributed by atoms with Crippen LogP contribution in [0.5, 0.6) is 0 Å². The second kappa shape index (κ2) is 5.96. The maximum atomic E-state index is 11.1. The van der Waals surface area contributed by atoms with E-state index in [0.29, 0.717) is 17.1 Å². The first-order valence-corrected chi connectivity index (χ1v) is 5.57. The average molecular weight is 263 g/mol. The van der Waals surface area contributed by atoms with Crippen molar-refractivity contribution in [3.05, 3.63) is 35.4 Å². The molecule has 0 aromatic carbocycles. The van der Waals surface area contributed by atoms with Gasteiger partial charge in [-0.05, 0) is 19.9 Å². The number of nitrogens with zero attached hydrogens (tertiary/aromatic N) is 2. The number of allylic oxidation sites excluding steroid dienone is 1. The Morgan fingerprint density at radius 2 is 2.05 bits per heavy atom. The quantitative estimate of drug-likeness (QED) is 0.504. The fourth-order valence-electron chi connectivity index (χ4n) is 1.50. The lowest BCUT2D eigenvalue weighted by molar-refractivity contribution is -0.116. The van der Waals surface area contributed by atoms with Crippen LogP contribution in [0.25, 0.3) is 0 Å². The highest BCUT2D eigenvalue weighted by molar-refractivity contribution is 5.93. The minimum atomic E-state index is -0.595. The Hall–Kier alpha value is -2.41. The predicted octanol–water partition coefficient (Wildman–Crippen LogP) is -0.0518. The summed E-state index contributed by atoms with van der Waals surface area (Å²) in [6, 6.07) is 1.52. The summed E-state index contributed by atoms with van der Waals surface area (Å²) in [6.45, 7) is 3.16. The van der Waals surface area contributed by atoms with E-state index >= 15 is 0 Å². The van der Waals surface area contributed by atoms with Gasteiger partial charge in [0, 0.05) is 24.5 Å². The molecule has 102 valence electrons. The van der Waals surface area contributed by atoms with Gasteiger partial charge in [0.15, 0.2) is 0 Å². The lowest BCUT2D eigenvalue weighted by Gasteiger charge is -2.17. The number of nitrogens with two attached hydrogens (primary N) is 3. The molecule has 7 heteroatoms. The molecule has 0 bridgehead atoms. The molecule has 1 heterocycles. The van der Waals surface area contributed by atoms with Crippen LogP contribution in [0.4, 0.5) is 5.69 Å². The first-order chi connectivity index (χ1) is 8.81. The van der Waals surface area contributed by atoms with E-state index in [-0.39, 0.29) is 17.8 Å². The summed E-state index contributed by atoms with van der Waals surface area (Å²) in [7, 11) is 0. The van der Waals surface area contributed by atoms with Gasteiger partial charge in [0.25, 0.3) is 0 Å². The molecule has 0 radical (unpaired) electrons. The van der Waals surface area contributed by atoms with Crippen LogP contribution in [0.2, 0.25) is 0 Å². The minimum absolute atomic E-state index is 0.0668. The number of hydrazine groups is 1. The Labute approximate surface area is 111 Å². The molecule has 19 heavy (non-hydrogen) atoms. The zero-order valence-corrected chi connectivity index (χ0v) is 10.9. The summed E-state index contributed by atoms with van der Waals surface area (Å²) in [6.07, 6.45) is 2.89. The molecule has 1 aromatic rings. The van der Waals surface area contributed by atoms with Gasteiger partial charge in [-0.3, -0.25) is 19.6 Å². The number of aromatic nitrogens is 1. The van der Waals surface area contributed by atoms with Gasteiger partial charge in [0.2, 0.25) is 5.91 Å². The van der Waals surface area contributed by atoms with Gasteiger partial charge in [-0.25, -0.2) is 5.84 Å². The molecule has 6 N–H and O–H groups in total. The van der Waals surface area contributed by atoms with Crippen molar-refractivity contribution in [2.24, 2.45) is 17.3 Å². The molecule has 0 fully saturated rings. The van der Waals surface area contributed by atoms with Crippen molar-refractivity contribution < 1.29 is 9.59 Å². The fraction of sp³-hybridized carbons (Fsp3) is 0.250. The number of primary amides is 1. The molecule has 0 saturated heterocycles. The van der Waals surface area contributed by atoms with Gasteiger partial charge in [0.1, 0.15) is 5.78 Å². The van der Waals surface area contributed by atoms with Crippen LogP contribution in [0.15, 0.2) is 24.2 Å². The molecule has 0 aliphatic carbocycles. The van der Waals surface area contributed by atoms with E-state index in [1.807, 2.05) is 0 Å². The van der Waals surface area contributed by atoms with E-state index in [9.17, 15) is 9.59 Å². The zero-order chi connectivity index (χ0) is 14.6. The molecule has 0 aliphatic rings. The Morgan fingerprint density at radius 3 is 2.58 bits per heavy atom. The number of rotatable bonds is 5. The summed E-state index contributed by atoms with van der Waals surface area (Å²) in [5.41, 5.74) is 12.5. The number of pyridine rings is 1. The van der Waals surface area contributed by atoms with Crippen LogP contribution in [-0.4, -0.2) is 16.7 Å². The first-order valence-electron chi connectivity index (χ1n) is 5.57. The van der Waals surface area contributed by atoms with Gasteiger partial charge >= 0.3 is 0 Å². The van der Waals surface area contributed by atoms with Crippen molar-refractivity contribution in [3.63, 3.8) is 0 Å². The van der Waals surface area contributed by atoms with Crippen molar-refractivity contribution in [3.8, 4) is 0 Å². The third kappa shape index (κ3) is 4.07. The Kier molecular flexibility index (Phi) is 4.60. The highest BCUT2D eigenvalue weighted by Crippen LogP contribution is 2.17. The highest BCUT2D eigenvalue weighted by Gasteiger charge is 2.09. The molecule has 0 unspecified atom stereocenters. The molecule has 0 aliphatic heterocycles. The van der Waals surface area contributed by atoms with E-state index in [2.05, 4.69) is 4.98 Å². The molecule has 1 rings (SSSR count). The number of aryl methyl sites for hydroxylation is 1. The summed E-state index contributed by atoms with van der Waals surface area (Å²) in [5.74, 6) is 5.15. The topological polar surface area (TPSA) is 128 Å². The number of amides is 1. The third-order valence-electron chi connectivity index (χ3n) is 2.38. The smallest absolute Gasteiger partial charge is 0.250 e. The van der Waals surface area contributed by atoms with Gasteiger partial charge in [-0.1, -0.05) is 0 Å². The third-order valence-corrected chi connectivity index (χ3v) is 2.38. The second-order valence-electron chi connectivity index (χ2n) is 4.18. The van der Waals surface area contributed by atoms with Crippen molar-refractivity contribution in [2.45, 2.75) is 20.3 Å². The molecular weight excluding hydrogens is 246 g/mol. The Bertz CT molecular complexity index is 539. The Morgan fingerprint density at radius 1 is 1.42 bits per heavy atom. The Balaban J connectivity index is 3.05. The molecule has 1 aromatic heterocycles. The average Bonchev–Trinajstić information content (AvgIpc) is 2.27. The number of hydrogen-bond donors (Lipinski definition) is 3. The van der Waals surface area contributed by atoms with E-state index in [4.69, 9.17) is 17.3 Å². The van der Waals surface area contributed by atoms with E-state index < -0.39 is 5.91 Å². The van der Waals surface area contributed by atoms with Crippen LogP contribution >= 0.6 is 0 Å². The van der Waals surface area contributed by atoms with Crippen molar-refractivity contribution in [1.29, 1.82) is 0 Å². The van der Waals surface area contributed by atoms with Crippen LogP contribution in [-0.2, 0) is 4.79 Å². The SMILES string of the molecule is CC(=O)C/C(N)=C/N(N)c1cc(C(N)=O)cnc1C. The van der Waals surface area contributed by atoms with Crippen LogP contribution in [0, 0.1) is 6.92 Å². The predicted molar refractivity (Wildman–Crippen MR) is 71.7 cm³/mol. The van der Waals surface area contributed by atoms with Crippen LogP contribution in [0.3, 0.4) is 0 Å². The van der Waals surface area contributed by atoms with Gasteiger partial charge in [-0.2, -0.15) is 0 Å². The van der Waals surface area contributed by atoms with Crippen molar-refractivity contribution in [2.75, 3.05) is 5.01 Å². The number of carbonyl (C=O) groups excluding carboxylic acids is 2. The highest BCUT2D eigenvalue weighted by atomic mass is 16.1. The number of anilines is 1. The monoisotopic (exact) mass is 263 g/mol. The van der Waals surface area contributed by atoms with Gasteiger partial charge < -0.3 is 11.5 Å². The number of Topliss-reactive ketones (excluding diaryl/α,β-unsaturated/α-hetero) is 1. The fourth-order valence-corrected chi connectivity index (χ4v) is 1.50. The summed E-state index contributed by atoms with van der Waals surface area (Å²) in [5, 5.41) is 1.22. The van der Waals surface area contributed by atoms with E-state index in [1.54, 1.807) is 6.92 Å². The first kappa shape index (κ1) is 14.7. The zero-order valence-electron chi connectivity index (χ0n) is 10.9. The van der Waals surface area contributed by atoms with Crippen LogP contribution < -0.4 is 22.3 Å². The molecule has 7 nitrogen and oxygen atoms in total. The van der Waals surface area contributed by atoms with E-state index in [0.717, 1.165) is 0 Å². The second-order valence-corrected chi connectivity index (χ2v) is 4.18. The van der Waals surface area contributed by atoms with Crippen molar-refractivity contribution >= 4 is 17.4 Å². The molecular formula is C12H17N5O2. The maximum Gasteiger partial charge on any atom is 0.250 e. The standard InChI is InChI=1S/C12H17N5O2/c1-7(18)3-10(13)6-17(15)11-4-9(12(14)19)5-16-8(11)2/h4-6H,3,13,15H2,1-2H3,(H2,14,19)/b10-6-. The lowest BCUT2D eigenvalue weighted by atomic mass is 10.2. The molecule has 0 atom stereocenters. The largest absolute Gasteiger partial charge is 0.400 e. The molecule has 1 amide bonds. The van der Waals surface area contributed by atoms with Gasteiger partial charge in [0.05, 0.1) is 16.9 Å². The summed E-state index contributed by atoms with van der Waals surface area (Å²) >= 11 is 0. The lowest BCUT2D eigenvalue weighted by Crippen LogP contribution is -2.28. The summed E-state index contributed by atoms with van der Waals surface area (Å²) in [4.78, 5) is 26.1. The van der Waals surface area contributed by atoms with Crippen molar-refractivity contribution in [1.82, 2.24) is 4.98 Å². The number of hydrogen-bond acceptors (Lipinski definition) is 6. The minimum Gasteiger partial charge on any atom is -0.400 e. The number of carbonyl (C=O) groups is 2. The van der Waals surface area contributed by atoms with Crippen LogP contribution in [0.1, 0.15) is 29.4 Å². The molecule has 0 spiro atoms.